The fraction of sp³-hybridized carbons (Fsp3) is 0.240. The fourth-order valence-electron chi connectivity index (χ4n) is 4.28. The van der Waals surface area contributed by atoms with Crippen LogP contribution in [0, 0.1) is 24.0 Å². The molecule has 4 N–H and O–H groups in total. The second-order valence-corrected chi connectivity index (χ2v) is 8.10. The van der Waals surface area contributed by atoms with Crippen molar-refractivity contribution >= 4 is 21.7 Å². The Hall–Kier alpha value is -4.11. The average Bonchev–Trinajstić information content (AvgIpc) is 2.84. The van der Waals surface area contributed by atoms with Crippen molar-refractivity contribution in [3.8, 4) is 41.2 Å². The number of hydrogen-bond donors (Lipinski definition) is 4. The molecule has 2 aromatic carbocycles. The van der Waals surface area contributed by atoms with Crippen LogP contribution in [0.15, 0.2) is 24.3 Å². The van der Waals surface area contributed by atoms with Gasteiger partial charge in [-0.05, 0) is 49.4 Å². The third kappa shape index (κ3) is 4.22. The number of aryl methyl sites for hydroxylation is 1. The van der Waals surface area contributed by atoms with Crippen LogP contribution in [0.3, 0.4) is 0 Å². The molecule has 0 spiro atoms. The van der Waals surface area contributed by atoms with Crippen LogP contribution in [0.2, 0.25) is 0 Å². The summed E-state index contributed by atoms with van der Waals surface area (Å²) in [5.41, 5.74) is -0.324. The Morgan fingerprint density at radius 3 is 2.72 bits per heavy atom. The van der Waals surface area contributed by atoms with E-state index in [0.717, 1.165) is 12.5 Å². The number of fused-ring (bicyclic) bond motifs is 1. The molecule has 0 saturated carbocycles. The number of halogens is 2. The van der Waals surface area contributed by atoms with Crippen LogP contribution >= 0.6 is 0 Å². The Morgan fingerprint density at radius 2 is 1.94 bits per heavy atom. The highest BCUT2D eigenvalue weighted by Gasteiger charge is 2.26. The minimum Gasteiger partial charge on any atom is -0.508 e. The smallest absolute Gasteiger partial charge is 0.321 e. The number of rotatable bonds is 3. The van der Waals surface area contributed by atoms with Crippen LogP contribution in [-0.4, -0.2) is 50.0 Å². The number of benzene rings is 2. The largest absolute Gasteiger partial charge is 0.508 e. The first-order valence-electron chi connectivity index (χ1n) is 11.1. The molecule has 1 aliphatic heterocycles. The van der Waals surface area contributed by atoms with Gasteiger partial charge in [0.1, 0.15) is 29.5 Å². The first-order chi connectivity index (χ1) is 17.4. The number of aliphatic hydroxyl groups is 2. The highest BCUT2D eigenvalue weighted by molar-refractivity contribution is 6.03. The number of terminal acetylenes is 1. The third-order valence-corrected chi connectivity index (χ3v) is 5.80. The molecule has 0 radical (unpaired) electrons. The van der Waals surface area contributed by atoms with E-state index in [0.29, 0.717) is 30.5 Å². The molecule has 0 bridgehead atoms. The minimum absolute atomic E-state index is 0.00273. The normalized spacial score (nSPS) is 14.0. The lowest BCUT2D eigenvalue weighted by atomic mass is 9.95. The van der Waals surface area contributed by atoms with Gasteiger partial charge in [0, 0.05) is 10.9 Å². The monoisotopic (exact) mass is 494 g/mol. The van der Waals surface area contributed by atoms with Gasteiger partial charge in [0.2, 0.25) is 5.88 Å². The molecule has 0 unspecified atom stereocenters. The molecule has 0 atom stereocenters. The quantitative estimate of drug-likeness (QED) is 0.251. The molecule has 4 aromatic rings. The van der Waals surface area contributed by atoms with E-state index in [1.54, 1.807) is 0 Å². The summed E-state index contributed by atoms with van der Waals surface area (Å²) in [6, 6.07) is 4.71. The molecular weight excluding hydrogens is 474 g/mol. The van der Waals surface area contributed by atoms with Gasteiger partial charge in [-0.25, -0.2) is 13.8 Å². The van der Waals surface area contributed by atoms with Gasteiger partial charge in [0.25, 0.3) is 0 Å². The van der Waals surface area contributed by atoms with E-state index in [-0.39, 0.29) is 51.5 Å². The molecule has 2 aromatic heterocycles. The Bertz CT molecular complexity index is 1540. The van der Waals surface area contributed by atoms with Gasteiger partial charge < -0.3 is 24.8 Å². The van der Waals surface area contributed by atoms with Crippen molar-refractivity contribution < 1.29 is 33.6 Å². The van der Waals surface area contributed by atoms with Gasteiger partial charge in [0.05, 0.1) is 16.6 Å². The molecule has 0 aliphatic carbocycles. The second-order valence-electron chi connectivity index (χ2n) is 8.10. The zero-order valence-electron chi connectivity index (χ0n) is 18.8. The molecule has 36 heavy (non-hydrogen) atoms. The highest BCUT2D eigenvalue weighted by atomic mass is 19.1. The van der Waals surface area contributed by atoms with E-state index < -0.39 is 24.1 Å². The van der Waals surface area contributed by atoms with Crippen molar-refractivity contribution in [3.63, 3.8) is 0 Å². The van der Waals surface area contributed by atoms with Crippen LogP contribution in [0.1, 0.15) is 24.1 Å². The maximum atomic E-state index is 16.2. The summed E-state index contributed by atoms with van der Waals surface area (Å²) < 4.78 is 41.4. The van der Waals surface area contributed by atoms with E-state index in [9.17, 15) is 19.7 Å². The fourth-order valence-corrected chi connectivity index (χ4v) is 4.28. The van der Waals surface area contributed by atoms with E-state index in [1.165, 1.54) is 18.2 Å². The summed E-state index contributed by atoms with van der Waals surface area (Å²) in [5, 5.41) is 32.7. The SMILES string of the molecule is C#Cc1c(F)ccc2cc(O)cc(-c3nc4c5c(nc(OC(O)O)nc5c3F)CCCCNCO4)c12. The molecule has 5 rings (SSSR count). The second kappa shape index (κ2) is 9.50. The highest BCUT2D eigenvalue weighted by Crippen LogP contribution is 2.40. The van der Waals surface area contributed by atoms with Crippen molar-refractivity contribution in [2.24, 2.45) is 0 Å². The number of aromatic hydroxyl groups is 1. The predicted octanol–water partition coefficient (Wildman–Crippen LogP) is 2.72. The first kappa shape index (κ1) is 23.6. The van der Waals surface area contributed by atoms with Gasteiger partial charge in [-0.15, -0.1) is 6.42 Å². The summed E-state index contributed by atoms with van der Waals surface area (Å²) in [7, 11) is 0. The minimum atomic E-state index is -2.23. The number of aliphatic hydroxyl groups excluding tert-OH is 1. The zero-order chi connectivity index (χ0) is 25.4. The van der Waals surface area contributed by atoms with Crippen molar-refractivity contribution in [2.45, 2.75) is 25.7 Å². The number of hydrogen-bond acceptors (Lipinski definition) is 9. The number of ether oxygens (including phenoxy) is 2. The topological polar surface area (TPSA) is 130 Å². The number of pyridine rings is 1. The summed E-state index contributed by atoms with van der Waals surface area (Å²) in [5.74, 6) is 0.428. The summed E-state index contributed by atoms with van der Waals surface area (Å²) >= 11 is 0. The Labute approximate surface area is 203 Å². The van der Waals surface area contributed by atoms with Gasteiger partial charge >= 0.3 is 12.5 Å². The number of phenolic OH excluding ortho intramolecular Hbond substituents is 1. The zero-order valence-corrected chi connectivity index (χ0v) is 18.8. The van der Waals surface area contributed by atoms with Crippen LogP contribution in [0.25, 0.3) is 32.9 Å². The molecule has 3 heterocycles. The van der Waals surface area contributed by atoms with Gasteiger partial charge in [-0.3, -0.25) is 5.32 Å². The first-order valence-corrected chi connectivity index (χ1v) is 11.1. The maximum Gasteiger partial charge on any atom is 0.321 e. The van der Waals surface area contributed by atoms with E-state index in [2.05, 4.69) is 26.2 Å². The predicted molar refractivity (Wildman–Crippen MR) is 125 cm³/mol. The standard InChI is InChI=1S/C25H20F2N4O5/c1-2-14-16(26)7-6-12-9-13(32)10-15(18(12)14)21-20(27)22-19-17(29-24(31-22)36-25(33)34)5-3-4-8-28-11-35-23(19)30-21/h1,6-7,9-10,25,28,32-34H,3-5,8,11H2. The molecule has 0 fully saturated rings. The Morgan fingerprint density at radius 1 is 1.11 bits per heavy atom. The van der Waals surface area contributed by atoms with Crippen LogP contribution in [-0.2, 0) is 6.42 Å². The number of phenols is 1. The van der Waals surface area contributed by atoms with Gasteiger partial charge in [-0.1, -0.05) is 12.0 Å². The molecular formula is C25H20F2N4O5. The lowest BCUT2D eigenvalue weighted by Crippen LogP contribution is -2.23. The third-order valence-electron chi connectivity index (χ3n) is 5.80. The van der Waals surface area contributed by atoms with Crippen LogP contribution < -0.4 is 14.8 Å². The van der Waals surface area contributed by atoms with E-state index in [4.69, 9.17) is 15.9 Å². The van der Waals surface area contributed by atoms with Gasteiger partial charge in [-0.2, -0.15) is 9.97 Å². The number of nitrogens with zero attached hydrogens (tertiary/aromatic N) is 3. The van der Waals surface area contributed by atoms with Crippen molar-refractivity contribution in [1.82, 2.24) is 20.3 Å². The van der Waals surface area contributed by atoms with E-state index in [1.807, 2.05) is 0 Å². The molecule has 184 valence electrons. The summed E-state index contributed by atoms with van der Waals surface area (Å²) in [6.07, 6.45) is 7.42. The number of aromatic nitrogens is 3. The van der Waals surface area contributed by atoms with Crippen molar-refractivity contribution in [2.75, 3.05) is 13.3 Å². The van der Waals surface area contributed by atoms with Crippen LogP contribution in [0.5, 0.6) is 17.6 Å². The number of nitrogens with one attached hydrogen (secondary N) is 1. The lowest BCUT2D eigenvalue weighted by molar-refractivity contribution is -0.183. The molecule has 0 amide bonds. The van der Waals surface area contributed by atoms with Crippen molar-refractivity contribution in [1.29, 1.82) is 0 Å². The van der Waals surface area contributed by atoms with Crippen LogP contribution in [0.4, 0.5) is 8.78 Å². The van der Waals surface area contributed by atoms with Crippen molar-refractivity contribution in [3.05, 3.63) is 47.2 Å². The summed E-state index contributed by atoms with van der Waals surface area (Å²) in [4.78, 5) is 12.7. The molecule has 1 aliphatic rings. The average molecular weight is 494 g/mol. The lowest BCUT2D eigenvalue weighted by Gasteiger charge is -2.18. The molecule has 9 nitrogen and oxygen atoms in total. The summed E-state index contributed by atoms with van der Waals surface area (Å²) in [6.45, 7) is -1.52. The molecule has 11 heteroatoms. The molecule has 0 saturated heterocycles. The Kier molecular flexibility index (Phi) is 6.24. The van der Waals surface area contributed by atoms with E-state index >= 15 is 4.39 Å². The maximum absolute atomic E-state index is 16.2. The Balaban J connectivity index is 1.88. The van der Waals surface area contributed by atoms with Gasteiger partial charge in [0.15, 0.2) is 5.82 Å².